The van der Waals surface area contributed by atoms with Gasteiger partial charge in [0, 0.05) is 16.7 Å². The first-order valence-corrected chi connectivity index (χ1v) is 7.59. The second kappa shape index (κ2) is 6.67. The topological polar surface area (TPSA) is 52.6 Å². The molecule has 1 heterocycles. The van der Waals surface area contributed by atoms with Gasteiger partial charge in [-0.25, -0.2) is 0 Å². The van der Waals surface area contributed by atoms with Crippen molar-refractivity contribution in [1.82, 2.24) is 4.90 Å². The van der Waals surface area contributed by atoms with Gasteiger partial charge in [0.15, 0.2) is 0 Å². The third kappa shape index (κ3) is 4.15. The molecule has 1 aliphatic heterocycles. The fourth-order valence-electron chi connectivity index (χ4n) is 2.32. The van der Waals surface area contributed by atoms with Crippen molar-refractivity contribution in [2.24, 2.45) is 5.92 Å². The molecular weight excluding hydrogens is 355 g/mol. The minimum Gasteiger partial charge on any atom is -0.393 e. The molecule has 1 aliphatic rings. The van der Waals surface area contributed by atoms with Crippen LogP contribution < -0.4 is 5.32 Å². The van der Waals surface area contributed by atoms with E-state index in [-0.39, 0.29) is 17.9 Å². The summed E-state index contributed by atoms with van der Waals surface area (Å²) in [6.07, 6.45) is 0.520. The van der Waals surface area contributed by atoms with Crippen LogP contribution in [0.25, 0.3) is 0 Å². The molecule has 1 aromatic rings. The number of halogens is 1. The molecule has 2 rings (SSSR count). The number of anilines is 1. The molecule has 4 nitrogen and oxygen atoms in total. The zero-order valence-electron chi connectivity index (χ0n) is 11.0. The highest BCUT2D eigenvalue weighted by Crippen LogP contribution is 2.18. The molecule has 1 fully saturated rings. The maximum atomic E-state index is 12.0. The molecule has 1 aromatic carbocycles. The molecule has 0 radical (unpaired) electrons. The van der Waals surface area contributed by atoms with Gasteiger partial charge < -0.3 is 10.4 Å². The van der Waals surface area contributed by atoms with E-state index in [4.69, 9.17) is 0 Å². The molecule has 2 N–H and O–H groups in total. The van der Waals surface area contributed by atoms with Crippen LogP contribution in [-0.4, -0.2) is 41.7 Å². The number of carbonyl (C=O) groups excluding carboxylic acids is 1. The molecule has 5 heteroatoms. The highest BCUT2D eigenvalue weighted by molar-refractivity contribution is 14.1. The van der Waals surface area contributed by atoms with Crippen molar-refractivity contribution in [2.45, 2.75) is 19.4 Å². The fraction of sp³-hybridized carbons (Fsp3) is 0.500. The second-order valence-electron chi connectivity index (χ2n) is 5.10. The molecule has 1 saturated heterocycles. The number of hydrogen-bond acceptors (Lipinski definition) is 3. The van der Waals surface area contributed by atoms with E-state index in [9.17, 15) is 9.90 Å². The van der Waals surface area contributed by atoms with Gasteiger partial charge in [0.25, 0.3) is 0 Å². The number of para-hydroxylation sites is 1. The van der Waals surface area contributed by atoms with E-state index in [2.05, 4.69) is 32.8 Å². The van der Waals surface area contributed by atoms with E-state index in [1.807, 2.05) is 31.2 Å². The largest absolute Gasteiger partial charge is 0.393 e. The van der Waals surface area contributed by atoms with Crippen molar-refractivity contribution in [2.75, 3.05) is 25.0 Å². The summed E-state index contributed by atoms with van der Waals surface area (Å²) in [4.78, 5) is 14.1. The maximum absolute atomic E-state index is 12.0. The van der Waals surface area contributed by atoms with Gasteiger partial charge in [-0.3, -0.25) is 9.69 Å². The lowest BCUT2D eigenvalue weighted by Crippen LogP contribution is -2.45. The van der Waals surface area contributed by atoms with Gasteiger partial charge in [0.1, 0.15) is 0 Å². The standard InChI is InChI=1S/C14H19IN2O2/c1-10-8-17(7-6-13(10)18)9-14(19)16-12-5-3-2-4-11(12)15/h2-5,10,13,18H,6-9H2,1H3,(H,16,19). The third-order valence-electron chi connectivity index (χ3n) is 3.46. The van der Waals surface area contributed by atoms with E-state index < -0.39 is 0 Å². The normalized spacial score (nSPS) is 24.2. The van der Waals surface area contributed by atoms with Gasteiger partial charge >= 0.3 is 0 Å². The first-order chi connectivity index (χ1) is 9.06. The van der Waals surface area contributed by atoms with E-state index in [0.29, 0.717) is 6.54 Å². The molecule has 2 atom stereocenters. The number of benzene rings is 1. The summed E-state index contributed by atoms with van der Waals surface area (Å²) in [6, 6.07) is 7.74. The molecule has 19 heavy (non-hydrogen) atoms. The Morgan fingerprint density at radius 3 is 2.95 bits per heavy atom. The predicted molar refractivity (Wildman–Crippen MR) is 84.0 cm³/mol. The van der Waals surface area contributed by atoms with E-state index in [1.54, 1.807) is 0 Å². The van der Waals surface area contributed by atoms with Crippen LogP contribution in [0.3, 0.4) is 0 Å². The molecule has 104 valence electrons. The Hall–Kier alpha value is -0.660. The zero-order chi connectivity index (χ0) is 13.8. The van der Waals surface area contributed by atoms with Crippen LogP contribution in [0.4, 0.5) is 5.69 Å². The fourth-order valence-corrected chi connectivity index (χ4v) is 2.84. The van der Waals surface area contributed by atoms with Crippen LogP contribution in [0.15, 0.2) is 24.3 Å². The lowest BCUT2D eigenvalue weighted by molar-refractivity contribution is -0.118. The quantitative estimate of drug-likeness (QED) is 0.796. The number of rotatable bonds is 3. The highest BCUT2D eigenvalue weighted by atomic mass is 127. The first-order valence-electron chi connectivity index (χ1n) is 6.51. The number of amides is 1. The number of aliphatic hydroxyl groups is 1. The van der Waals surface area contributed by atoms with E-state index >= 15 is 0 Å². The predicted octanol–water partition coefficient (Wildman–Crippen LogP) is 1.93. The van der Waals surface area contributed by atoms with Crippen LogP contribution in [-0.2, 0) is 4.79 Å². The number of hydrogen-bond donors (Lipinski definition) is 2. The Labute approximate surface area is 127 Å². The summed E-state index contributed by atoms with van der Waals surface area (Å²) in [5.74, 6) is 0.242. The van der Waals surface area contributed by atoms with E-state index in [0.717, 1.165) is 28.8 Å². The zero-order valence-corrected chi connectivity index (χ0v) is 13.1. The number of nitrogens with one attached hydrogen (secondary N) is 1. The number of carbonyl (C=O) groups is 1. The Morgan fingerprint density at radius 2 is 2.26 bits per heavy atom. The number of aliphatic hydroxyl groups excluding tert-OH is 1. The Bertz CT molecular complexity index is 453. The number of nitrogens with zero attached hydrogens (tertiary/aromatic N) is 1. The number of piperidine rings is 1. The molecular formula is C14H19IN2O2. The smallest absolute Gasteiger partial charge is 0.238 e. The maximum Gasteiger partial charge on any atom is 0.238 e. The van der Waals surface area contributed by atoms with Crippen LogP contribution in [0, 0.1) is 9.49 Å². The molecule has 1 amide bonds. The van der Waals surface area contributed by atoms with Gasteiger partial charge in [-0.15, -0.1) is 0 Å². The summed E-state index contributed by atoms with van der Waals surface area (Å²) in [7, 11) is 0. The average molecular weight is 374 g/mol. The average Bonchev–Trinajstić information content (AvgIpc) is 2.37. The molecule has 2 unspecified atom stereocenters. The van der Waals surface area contributed by atoms with Crippen molar-refractivity contribution in [3.63, 3.8) is 0 Å². The molecule has 0 aromatic heterocycles. The van der Waals surface area contributed by atoms with Crippen LogP contribution >= 0.6 is 22.6 Å². The Morgan fingerprint density at radius 1 is 1.53 bits per heavy atom. The van der Waals surface area contributed by atoms with E-state index in [1.165, 1.54) is 0 Å². The van der Waals surface area contributed by atoms with Crippen molar-refractivity contribution >= 4 is 34.2 Å². The van der Waals surface area contributed by atoms with Crippen LogP contribution in [0.5, 0.6) is 0 Å². The lowest BCUT2D eigenvalue weighted by Gasteiger charge is -2.33. The molecule has 0 aliphatic carbocycles. The van der Waals surface area contributed by atoms with Crippen molar-refractivity contribution in [3.05, 3.63) is 27.8 Å². The second-order valence-corrected chi connectivity index (χ2v) is 6.26. The first kappa shape index (κ1) is 14.7. The summed E-state index contributed by atoms with van der Waals surface area (Å²) >= 11 is 2.21. The van der Waals surface area contributed by atoms with Crippen LogP contribution in [0.1, 0.15) is 13.3 Å². The monoisotopic (exact) mass is 374 g/mol. The van der Waals surface area contributed by atoms with Gasteiger partial charge in [-0.2, -0.15) is 0 Å². The Balaban J connectivity index is 1.87. The SMILES string of the molecule is CC1CN(CC(=O)Nc2ccccc2I)CCC1O. The summed E-state index contributed by atoms with van der Waals surface area (Å²) in [6.45, 7) is 3.97. The van der Waals surface area contributed by atoms with Gasteiger partial charge in [-0.1, -0.05) is 19.1 Å². The van der Waals surface area contributed by atoms with Gasteiger partial charge in [-0.05, 0) is 47.1 Å². The Kier molecular flexibility index (Phi) is 5.18. The third-order valence-corrected chi connectivity index (χ3v) is 4.40. The minimum atomic E-state index is -0.227. The summed E-state index contributed by atoms with van der Waals surface area (Å²) in [5, 5.41) is 12.6. The number of likely N-dealkylation sites (tertiary alicyclic amines) is 1. The molecule has 0 bridgehead atoms. The molecule has 0 saturated carbocycles. The molecule has 0 spiro atoms. The highest BCUT2D eigenvalue weighted by Gasteiger charge is 2.25. The summed E-state index contributed by atoms with van der Waals surface area (Å²) in [5.41, 5.74) is 0.859. The van der Waals surface area contributed by atoms with Crippen molar-refractivity contribution in [1.29, 1.82) is 0 Å². The van der Waals surface area contributed by atoms with Gasteiger partial charge in [0.2, 0.25) is 5.91 Å². The van der Waals surface area contributed by atoms with Crippen molar-refractivity contribution < 1.29 is 9.90 Å². The lowest BCUT2D eigenvalue weighted by atomic mass is 9.97. The summed E-state index contributed by atoms with van der Waals surface area (Å²) < 4.78 is 1.04. The van der Waals surface area contributed by atoms with Crippen LogP contribution in [0.2, 0.25) is 0 Å². The van der Waals surface area contributed by atoms with Crippen molar-refractivity contribution in [3.8, 4) is 0 Å². The van der Waals surface area contributed by atoms with Gasteiger partial charge in [0.05, 0.1) is 18.3 Å². The minimum absolute atomic E-state index is 0.00713.